The zero-order valence-electron chi connectivity index (χ0n) is 12.7. The summed E-state index contributed by atoms with van der Waals surface area (Å²) in [6, 6.07) is 3.85. The van der Waals surface area contributed by atoms with Gasteiger partial charge < -0.3 is 14.6 Å². The van der Waals surface area contributed by atoms with Crippen LogP contribution in [-0.2, 0) is 17.9 Å². The van der Waals surface area contributed by atoms with Gasteiger partial charge in [-0.05, 0) is 31.5 Å². The van der Waals surface area contributed by atoms with Gasteiger partial charge in [0.05, 0.1) is 32.1 Å². The molecular formula is C15H22N4O2. The number of carbonyl (C=O) groups excluding carboxylic acids is 1. The van der Waals surface area contributed by atoms with E-state index in [2.05, 4.69) is 10.4 Å². The van der Waals surface area contributed by atoms with Crippen molar-refractivity contribution in [2.45, 2.75) is 33.0 Å². The molecular weight excluding hydrogens is 268 g/mol. The SMILES string of the molecule is Cc1cnn(C[C@H](C)NCC(=O)N(C)Cc2ccco2)c1. The van der Waals surface area contributed by atoms with Crippen LogP contribution in [0.5, 0.6) is 0 Å². The number of likely N-dealkylation sites (N-methyl/N-ethyl adjacent to an activating group) is 1. The molecule has 2 rings (SSSR count). The van der Waals surface area contributed by atoms with Crippen LogP contribution in [0.15, 0.2) is 35.2 Å². The number of carbonyl (C=O) groups is 1. The summed E-state index contributed by atoms with van der Waals surface area (Å²) in [6.07, 6.45) is 5.43. The molecule has 0 aliphatic heterocycles. The molecule has 2 heterocycles. The van der Waals surface area contributed by atoms with Gasteiger partial charge >= 0.3 is 0 Å². The number of amides is 1. The predicted octanol–water partition coefficient (Wildman–Crippen LogP) is 1.42. The van der Waals surface area contributed by atoms with Crippen LogP contribution in [0.2, 0.25) is 0 Å². The van der Waals surface area contributed by atoms with Gasteiger partial charge in [0.25, 0.3) is 0 Å². The van der Waals surface area contributed by atoms with Gasteiger partial charge in [-0.25, -0.2) is 0 Å². The molecule has 0 aliphatic rings. The summed E-state index contributed by atoms with van der Waals surface area (Å²) in [4.78, 5) is 13.7. The number of hydrogen-bond donors (Lipinski definition) is 1. The van der Waals surface area contributed by atoms with Gasteiger partial charge in [0.15, 0.2) is 0 Å². The van der Waals surface area contributed by atoms with E-state index in [0.717, 1.165) is 17.9 Å². The second kappa shape index (κ2) is 7.08. The first-order chi connectivity index (χ1) is 10.0. The molecule has 0 radical (unpaired) electrons. The largest absolute Gasteiger partial charge is 0.467 e. The molecule has 0 saturated carbocycles. The molecule has 1 atom stereocenters. The molecule has 0 bridgehead atoms. The topological polar surface area (TPSA) is 63.3 Å². The number of rotatable bonds is 7. The molecule has 0 aliphatic carbocycles. The number of furan rings is 1. The van der Waals surface area contributed by atoms with Crippen molar-refractivity contribution in [3.05, 3.63) is 42.1 Å². The van der Waals surface area contributed by atoms with Crippen LogP contribution in [-0.4, -0.2) is 40.2 Å². The van der Waals surface area contributed by atoms with E-state index < -0.39 is 0 Å². The molecule has 1 N–H and O–H groups in total. The van der Waals surface area contributed by atoms with Crippen LogP contribution in [0.3, 0.4) is 0 Å². The zero-order valence-corrected chi connectivity index (χ0v) is 12.7. The molecule has 2 aromatic rings. The van der Waals surface area contributed by atoms with Gasteiger partial charge in [-0.3, -0.25) is 9.48 Å². The summed E-state index contributed by atoms with van der Waals surface area (Å²) in [6.45, 7) is 5.58. The summed E-state index contributed by atoms with van der Waals surface area (Å²) < 4.78 is 7.11. The van der Waals surface area contributed by atoms with Crippen LogP contribution in [0.4, 0.5) is 0 Å². The first kappa shape index (κ1) is 15.3. The van der Waals surface area contributed by atoms with Crippen LogP contribution >= 0.6 is 0 Å². The van der Waals surface area contributed by atoms with E-state index in [4.69, 9.17) is 4.42 Å². The number of hydrogen-bond acceptors (Lipinski definition) is 4. The smallest absolute Gasteiger partial charge is 0.236 e. The predicted molar refractivity (Wildman–Crippen MR) is 79.6 cm³/mol. The van der Waals surface area contributed by atoms with Crippen molar-refractivity contribution in [2.24, 2.45) is 0 Å². The quantitative estimate of drug-likeness (QED) is 0.837. The first-order valence-electron chi connectivity index (χ1n) is 7.03. The van der Waals surface area contributed by atoms with Crippen molar-refractivity contribution in [3.63, 3.8) is 0 Å². The third-order valence-electron chi connectivity index (χ3n) is 3.22. The molecule has 2 aromatic heterocycles. The van der Waals surface area contributed by atoms with E-state index in [-0.39, 0.29) is 11.9 Å². The molecule has 114 valence electrons. The average molecular weight is 290 g/mol. The van der Waals surface area contributed by atoms with E-state index in [9.17, 15) is 4.79 Å². The Morgan fingerprint density at radius 2 is 2.38 bits per heavy atom. The lowest BCUT2D eigenvalue weighted by Gasteiger charge is -2.18. The zero-order chi connectivity index (χ0) is 15.2. The maximum Gasteiger partial charge on any atom is 0.236 e. The highest BCUT2D eigenvalue weighted by molar-refractivity contribution is 5.77. The lowest BCUT2D eigenvalue weighted by molar-refractivity contribution is -0.129. The van der Waals surface area contributed by atoms with E-state index >= 15 is 0 Å². The van der Waals surface area contributed by atoms with Crippen LogP contribution < -0.4 is 5.32 Å². The Balaban J connectivity index is 1.72. The number of aromatic nitrogens is 2. The Bertz CT molecular complexity index is 562. The lowest BCUT2D eigenvalue weighted by atomic mass is 10.3. The van der Waals surface area contributed by atoms with Gasteiger partial charge in [-0.15, -0.1) is 0 Å². The second-order valence-electron chi connectivity index (χ2n) is 5.35. The third kappa shape index (κ3) is 4.75. The van der Waals surface area contributed by atoms with Crippen molar-refractivity contribution < 1.29 is 9.21 Å². The molecule has 0 unspecified atom stereocenters. The number of nitrogens with one attached hydrogen (secondary N) is 1. The standard InChI is InChI=1S/C15H22N4O2/c1-12-7-17-19(9-12)10-13(2)16-8-15(20)18(3)11-14-5-4-6-21-14/h4-7,9,13,16H,8,10-11H2,1-3H3/t13-/m0/s1. The summed E-state index contributed by atoms with van der Waals surface area (Å²) in [7, 11) is 1.77. The molecule has 1 amide bonds. The van der Waals surface area contributed by atoms with Crippen LogP contribution in [0.1, 0.15) is 18.2 Å². The Morgan fingerprint density at radius 3 is 3.00 bits per heavy atom. The summed E-state index contributed by atoms with van der Waals surface area (Å²) in [5.74, 6) is 0.820. The fourth-order valence-electron chi connectivity index (χ4n) is 2.03. The fraction of sp³-hybridized carbons (Fsp3) is 0.467. The van der Waals surface area contributed by atoms with Crippen molar-refractivity contribution in [2.75, 3.05) is 13.6 Å². The van der Waals surface area contributed by atoms with Gasteiger partial charge in [-0.1, -0.05) is 0 Å². The Morgan fingerprint density at radius 1 is 1.57 bits per heavy atom. The van der Waals surface area contributed by atoms with Gasteiger partial charge in [0, 0.05) is 19.3 Å². The monoisotopic (exact) mass is 290 g/mol. The molecule has 0 spiro atoms. The molecule has 21 heavy (non-hydrogen) atoms. The highest BCUT2D eigenvalue weighted by atomic mass is 16.3. The van der Waals surface area contributed by atoms with Crippen molar-refractivity contribution in [1.82, 2.24) is 20.0 Å². The minimum Gasteiger partial charge on any atom is -0.467 e. The third-order valence-corrected chi connectivity index (χ3v) is 3.22. The summed E-state index contributed by atoms with van der Waals surface area (Å²) in [5, 5.41) is 7.45. The van der Waals surface area contributed by atoms with Crippen molar-refractivity contribution >= 4 is 5.91 Å². The highest BCUT2D eigenvalue weighted by Gasteiger charge is 2.12. The summed E-state index contributed by atoms with van der Waals surface area (Å²) in [5.41, 5.74) is 1.14. The van der Waals surface area contributed by atoms with E-state index in [1.54, 1.807) is 18.2 Å². The molecule has 0 aromatic carbocycles. The molecule has 6 nitrogen and oxygen atoms in total. The number of aryl methyl sites for hydroxylation is 1. The number of nitrogens with zero attached hydrogens (tertiary/aromatic N) is 3. The van der Waals surface area contributed by atoms with Gasteiger partial charge in [0.2, 0.25) is 5.91 Å². The van der Waals surface area contributed by atoms with E-state index in [1.807, 2.05) is 43.1 Å². The minimum absolute atomic E-state index is 0.0369. The summed E-state index contributed by atoms with van der Waals surface area (Å²) >= 11 is 0. The Kier molecular flexibility index (Phi) is 5.16. The average Bonchev–Trinajstić information content (AvgIpc) is 3.08. The van der Waals surface area contributed by atoms with Crippen LogP contribution in [0, 0.1) is 6.92 Å². The highest BCUT2D eigenvalue weighted by Crippen LogP contribution is 2.03. The van der Waals surface area contributed by atoms with E-state index in [0.29, 0.717) is 13.1 Å². The van der Waals surface area contributed by atoms with E-state index in [1.165, 1.54) is 0 Å². The minimum atomic E-state index is 0.0369. The molecule has 0 saturated heterocycles. The lowest BCUT2D eigenvalue weighted by Crippen LogP contribution is -2.40. The first-order valence-corrected chi connectivity index (χ1v) is 7.03. The van der Waals surface area contributed by atoms with Crippen molar-refractivity contribution in [1.29, 1.82) is 0 Å². The molecule has 6 heteroatoms. The maximum atomic E-state index is 12.0. The Hall–Kier alpha value is -2.08. The molecule has 0 fully saturated rings. The maximum absolute atomic E-state index is 12.0. The fourth-order valence-corrected chi connectivity index (χ4v) is 2.03. The van der Waals surface area contributed by atoms with Gasteiger partial charge in [0.1, 0.15) is 5.76 Å². The Labute approximate surface area is 124 Å². The normalized spacial score (nSPS) is 12.3. The second-order valence-corrected chi connectivity index (χ2v) is 5.35. The van der Waals surface area contributed by atoms with Crippen LogP contribution in [0.25, 0.3) is 0 Å². The van der Waals surface area contributed by atoms with Gasteiger partial charge in [-0.2, -0.15) is 5.10 Å². The van der Waals surface area contributed by atoms with Crippen molar-refractivity contribution in [3.8, 4) is 0 Å².